The molecule has 2 rings (SSSR count). The predicted molar refractivity (Wildman–Crippen MR) is 63.0 cm³/mol. The van der Waals surface area contributed by atoms with Crippen LogP contribution < -0.4 is 0 Å². The standard InChI is InChI=1S/C13H14F2N2O/c1-8-5-12(16-17(8)2)13(18)7-9-3-4-10(14)11(15)6-9/h3-6,13,18H,7H2,1-2H3. The van der Waals surface area contributed by atoms with Crippen molar-refractivity contribution in [2.45, 2.75) is 19.4 Å². The van der Waals surface area contributed by atoms with E-state index in [1.165, 1.54) is 6.07 Å². The van der Waals surface area contributed by atoms with Crippen molar-refractivity contribution < 1.29 is 13.9 Å². The molecule has 3 nitrogen and oxygen atoms in total. The van der Waals surface area contributed by atoms with Crippen LogP contribution >= 0.6 is 0 Å². The molecule has 0 aliphatic heterocycles. The normalized spacial score (nSPS) is 12.7. The number of benzene rings is 1. The summed E-state index contributed by atoms with van der Waals surface area (Å²) in [7, 11) is 1.78. The molecule has 0 aliphatic carbocycles. The molecule has 0 fully saturated rings. The van der Waals surface area contributed by atoms with Crippen molar-refractivity contribution in [1.29, 1.82) is 0 Å². The first-order valence-corrected chi connectivity index (χ1v) is 5.60. The topological polar surface area (TPSA) is 38.1 Å². The van der Waals surface area contributed by atoms with E-state index in [0.717, 1.165) is 17.8 Å². The Hall–Kier alpha value is -1.75. The fraction of sp³-hybridized carbons (Fsp3) is 0.308. The predicted octanol–water partition coefficient (Wildman–Crippen LogP) is 2.28. The highest BCUT2D eigenvalue weighted by molar-refractivity contribution is 5.21. The first kappa shape index (κ1) is 12.7. The number of aryl methyl sites for hydroxylation is 2. The summed E-state index contributed by atoms with van der Waals surface area (Å²) in [5, 5.41) is 14.1. The van der Waals surface area contributed by atoms with E-state index in [9.17, 15) is 13.9 Å². The average molecular weight is 252 g/mol. The molecule has 0 bridgehead atoms. The van der Waals surface area contributed by atoms with Gasteiger partial charge in [-0.2, -0.15) is 5.10 Å². The van der Waals surface area contributed by atoms with Gasteiger partial charge in [-0.1, -0.05) is 6.07 Å². The second-order valence-corrected chi connectivity index (χ2v) is 4.30. The van der Waals surface area contributed by atoms with Crippen molar-refractivity contribution in [2.75, 3.05) is 0 Å². The summed E-state index contributed by atoms with van der Waals surface area (Å²) in [6.07, 6.45) is -0.622. The lowest BCUT2D eigenvalue weighted by Gasteiger charge is -2.08. The van der Waals surface area contributed by atoms with Crippen LogP contribution in [0.4, 0.5) is 8.78 Å². The molecule has 1 unspecified atom stereocenters. The Morgan fingerprint density at radius 1 is 1.28 bits per heavy atom. The van der Waals surface area contributed by atoms with Crippen molar-refractivity contribution in [2.24, 2.45) is 7.05 Å². The molecule has 0 spiro atoms. The molecule has 1 atom stereocenters. The number of hydrogen-bond acceptors (Lipinski definition) is 2. The van der Waals surface area contributed by atoms with Crippen molar-refractivity contribution >= 4 is 0 Å². The lowest BCUT2D eigenvalue weighted by Crippen LogP contribution is -2.04. The van der Waals surface area contributed by atoms with E-state index in [1.54, 1.807) is 17.8 Å². The van der Waals surface area contributed by atoms with Crippen molar-refractivity contribution in [3.63, 3.8) is 0 Å². The molecule has 1 aromatic carbocycles. The van der Waals surface area contributed by atoms with Gasteiger partial charge in [-0.25, -0.2) is 8.78 Å². The van der Waals surface area contributed by atoms with Crippen LogP contribution in [0.15, 0.2) is 24.3 Å². The average Bonchev–Trinajstić information content (AvgIpc) is 2.65. The van der Waals surface area contributed by atoms with Gasteiger partial charge in [-0.05, 0) is 30.7 Å². The monoisotopic (exact) mass is 252 g/mol. The van der Waals surface area contributed by atoms with Gasteiger partial charge < -0.3 is 5.11 Å². The van der Waals surface area contributed by atoms with E-state index in [2.05, 4.69) is 5.10 Å². The number of hydrogen-bond donors (Lipinski definition) is 1. The van der Waals surface area contributed by atoms with Gasteiger partial charge in [0, 0.05) is 19.2 Å². The molecule has 0 saturated heterocycles. The quantitative estimate of drug-likeness (QED) is 0.910. The molecular formula is C13H14F2N2O. The zero-order valence-corrected chi connectivity index (χ0v) is 10.2. The molecule has 96 valence electrons. The summed E-state index contributed by atoms with van der Waals surface area (Å²) in [4.78, 5) is 0. The second kappa shape index (κ2) is 4.86. The molecule has 1 heterocycles. The second-order valence-electron chi connectivity index (χ2n) is 4.30. The molecule has 2 aromatic rings. The van der Waals surface area contributed by atoms with Gasteiger partial charge in [-0.15, -0.1) is 0 Å². The van der Waals surface area contributed by atoms with Gasteiger partial charge in [0.1, 0.15) is 6.10 Å². The maximum atomic E-state index is 13.0. The van der Waals surface area contributed by atoms with Gasteiger partial charge in [0.15, 0.2) is 11.6 Å². The highest BCUT2D eigenvalue weighted by atomic mass is 19.2. The number of aliphatic hydroxyl groups is 1. The van der Waals surface area contributed by atoms with E-state index < -0.39 is 17.7 Å². The summed E-state index contributed by atoms with van der Waals surface area (Å²) >= 11 is 0. The van der Waals surface area contributed by atoms with E-state index in [0.29, 0.717) is 11.3 Å². The summed E-state index contributed by atoms with van der Waals surface area (Å²) in [6, 6.07) is 5.37. The van der Waals surface area contributed by atoms with Crippen LogP contribution in [0.2, 0.25) is 0 Å². The lowest BCUT2D eigenvalue weighted by atomic mass is 10.1. The van der Waals surface area contributed by atoms with Crippen LogP contribution in [-0.2, 0) is 13.5 Å². The molecule has 5 heteroatoms. The van der Waals surface area contributed by atoms with E-state index in [1.807, 2.05) is 6.92 Å². The summed E-state index contributed by atoms with van der Waals surface area (Å²) in [5.74, 6) is -1.79. The third kappa shape index (κ3) is 2.56. The van der Waals surface area contributed by atoms with Gasteiger partial charge in [0.25, 0.3) is 0 Å². The maximum Gasteiger partial charge on any atom is 0.159 e. The third-order valence-corrected chi connectivity index (χ3v) is 2.89. The minimum Gasteiger partial charge on any atom is -0.386 e. The number of rotatable bonds is 3. The van der Waals surface area contributed by atoms with Crippen LogP contribution in [0, 0.1) is 18.6 Å². The van der Waals surface area contributed by atoms with Crippen molar-refractivity contribution in [3.8, 4) is 0 Å². The summed E-state index contributed by atoms with van der Waals surface area (Å²) in [6.45, 7) is 1.88. The van der Waals surface area contributed by atoms with E-state index in [4.69, 9.17) is 0 Å². The fourth-order valence-electron chi connectivity index (χ4n) is 1.75. The highest BCUT2D eigenvalue weighted by Crippen LogP contribution is 2.19. The Morgan fingerprint density at radius 3 is 2.56 bits per heavy atom. The van der Waals surface area contributed by atoms with Crippen LogP contribution in [0.1, 0.15) is 23.1 Å². The molecule has 18 heavy (non-hydrogen) atoms. The lowest BCUT2D eigenvalue weighted by molar-refractivity contribution is 0.172. The molecule has 1 aromatic heterocycles. The largest absolute Gasteiger partial charge is 0.386 e. The van der Waals surface area contributed by atoms with Crippen LogP contribution in [0.5, 0.6) is 0 Å². The van der Waals surface area contributed by atoms with Gasteiger partial charge in [0.2, 0.25) is 0 Å². The van der Waals surface area contributed by atoms with Gasteiger partial charge in [-0.3, -0.25) is 4.68 Å². The number of nitrogens with zero attached hydrogens (tertiary/aromatic N) is 2. The smallest absolute Gasteiger partial charge is 0.159 e. The Morgan fingerprint density at radius 2 is 2.00 bits per heavy atom. The minimum atomic E-state index is -0.906. The number of halogens is 2. The first-order valence-electron chi connectivity index (χ1n) is 5.60. The Bertz CT molecular complexity index is 547. The van der Waals surface area contributed by atoms with Crippen LogP contribution in [0.3, 0.4) is 0 Å². The Labute approximate surface area is 104 Å². The van der Waals surface area contributed by atoms with Crippen LogP contribution in [-0.4, -0.2) is 14.9 Å². The number of aromatic nitrogens is 2. The molecule has 0 saturated carbocycles. The first-order chi connectivity index (χ1) is 8.47. The third-order valence-electron chi connectivity index (χ3n) is 2.89. The SMILES string of the molecule is Cc1cc(C(O)Cc2ccc(F)c(F)c2)nn1C. The Balaban J connectivity index is 2.15. The zero-order valence-electron chi connectivity index (χ0n) is 10.2. The van der Waals surface area contributed by atoms with E-state index >= 15 is 0 Å². The van der Waals surface area contributed by atoms with E-state index in [-0.39, 0.29) is 6.42 Å². The molecule has 0 amide bonds. The molecule has 0 aliphatic rings. The molecule has 1 N–H and O–H groups in total. The highest BCUT2D eigenvalue weighted by Gasteiger charge is 2.14. The minimum absolute atomic E-state index is 0.202. The number of aliphatic hydroxyl groups excluding tert-OH is 1. The van der Waals surface area contributed by atoms with Gasteiger partial charge in [0.05, 0.1) is 5.69 Å². The maximum absolute atomic E-state index is 13.0. The zero-order chi connectivity index (χ0) is 13.3. The van der Waals surface area contributed by atoms with Crippen LogP contribution in [0.25, 0.3) is 0 Å². The Kier molecular flexibility index (Phi) is 3.43. The van der Waals surface area contributed by atoms with Crippen molar-refractivity contribution in [1.82, 2.24) is 9.78 Å². The fourth-order valence-corrected chi connectivity index (χ4v) is 1.75. The molecule has 0 radical (unpaired) electrons. The summed E-state index contributed by atoms with van der Waals surface area (Å²) in [5.41, 5.74) is 1.98. The summed E-state index contributed by atoms with van der Waals surface area (Å²) < 4.78 is 27.4. The molecular weight excluding hydrogens is 238 g/mol. The van der Waals surface area contributed by atoms with Crippen molar-refractivity contribution in [3.05, 3.63) is 52.9 Å². The van der Waals surface area contributed by atoms with Gasteiger partial charge >= 0.3 is 0 Å².